The molecule has 198 valence electrons. The second-order valence-electron chi connectivity index (χ2n) is 9.78. The molecule has 3 aromatic carbocycles. The summed E-state index contributed by atoms with van der Waals surface area (Å²) in [5, 5.41) is 8.20. The number of nitrogens with zero attached hydrogens (tertiary/aromatic N) is 2. The number of ether oxygens (including phenoxy) is 2. The van der Waals surface area contributed by atoms with E-state index in [-0.39, 0.29) is 5.92 Å². The summed E-state index contributed by atoms with van der Waals surface area (Å²) in [6.07, 6.45) is 3.19. The third-order valence-electron chi connectivity index (χ3n) is 7.36. The Balaban J connectivity index is 1.37. The Kier molecular flexibility index (Phi) is 7.32. The molecule has 39 heavy (non-hydrogen) atoms. The lowest BCUT2D eigenvalue weighted by atomic mass is 9.81. The zero-order chi connectivity index (χ0) is 26.6. The van der Waals surface area contributed by atoms with Gasteiger partial charge in [0, 0.05) is 19.0 Å². The monoisotopic (exact) mass is 536 g/mol. The zero-order valence-corrected chi connectivity index (χ0v) is 23.1. The highest BCUT2D eigenvalue weighted by Gasteiger charge is 2.28. The molecular formula is C32H32N4O2S. The van der Waals surface area contributed by atoms with Crippen molar-refractivity contribution in [2.75, 3.05) is 24.9 Å². The lowest BCUT2D eigenvalue weighted by Crippen LogP contribution is -2.16. The molecule has 1 atom stereocenters. The Bertz CT molecular complexity index is 1550. The van der Waals surface area contributed by atoms with E-state index in [2.05, 4.69) is 59.2 Å². The summed E-state index contributed by atoms with van der Waals surface area (Å²) in [6.45, 7) is 1.44. The van der Waals surface area contributed by atoms with Gasteiger partial charge < -0.3 is 20.1 Å². The van der Waals surface area contributed by atoms with Crippen LogP contribution in [0.4, 0.5) is 10.8 Å². The van der Waals surface area contributed by atoms with Crippen molar-refractivity contribution < 1.29 is 9.47 Å². The van der Waals surface area contributed by atoms with Gasteiger partial charge in [-0.25, -0.2) is 9.97 Å². The molecule has 0 fully saturated rings. The Morgan fingerprint density at radius 1 is 0.795 bits per heavy atom. The lowest BCUT2D eigenvalue weighted by molar-refractivity contribution is 0.414. The molecule has 5 aromatic rings. The fraction of sp³-hybridized carbons (Fsp3) is 0.250. The van der Waals surface area contributed by atoms with Crippen molar-refractivity contribution in [2.24, 2.45) is 0 Å². The van der Waals surface area contributed by atoms with Crippen LogP contribution in [-0.4, -0.2) is 24.2 Å². The van der Waals surface area contributed by atoms with Gasteiger partial charge in [-0.3, -0.25) is 0 Å². The number of hydrogen-bond donors (Lipinski definition) is 2. The minimum Gasteiger partial charge on any atom is -0.497 e. The molecule has 1 unspecified atom stereocenters. The molecule has 6 rings (SSSR count). The fourth-order valence-corrected chi connectivity index (χ4v) is 6.24. The largest absolute Gasteiger partial charge is 0.497 e. The Hall–Kier alpha value is -4.10. The van der Waals surface area contributed by atoms with Crippen LogP contribution in [0.3, 0.4) is 0 Å². The lowest BCUT2D eigenvalue weighted by Gasteiger charge is -2.27. The van der Waals surface area contributed by atoms with Crippen molar-refractivity contribution in [1.82, 2.24) is 9.97 Å². The van der Waals surface area contributed by atoms with E-state index >= 15 is 0 Å². The summed E-state index contributed by atoms with van der Waals surface area (Å²) in [7, 11) is 3.40. The molecule has 0 amide bonds. The summed E-state index contributed by atoms with van der Waals surface area (Å²) in [5.41, 5.74) is 8.09. The van der Waals surface area contributed by atoms with Gasteiger partial charge in [-0.15, -0.1) is 0 Å². The van der Waals surface area contributed by atoms with Crippen LogP contribution in [0.5, 0.6) is 11.5 Å². The molecule has 1 aliphatic carbocycles. The maximum atomic E-state index is 5.40. The zero-order valence-electron chi connectivity index (χ0n) is 22.2. The number of pyridine rings is 1. The van der Waals surface area contributed by atoms with Crippen LogP contribution in [0.2, 0.25) is 0 Å². The number of methoxy groups -OCH3 is 2. The maximum absolute atomic E-state index is 5.40. The van der Waals surface area contributed by atoms with E-state index in [9.17, 15) is 0 Å². The van der Waals surface area contributed by atoms with Gasteiger partial charge >= 0.3 is 0 Å². The Labute approximate surface area is 233 Å². The minimum atomic E-state index is 0.230. The normalized spacial score (nSPS) is 14.6. The van der Waals surface area contributed by atoms with Crippen molar-refractivity contribution in [1.29, 1.82) is 0 Å². The van der Waals surface area contributed by atoms with Crippen molar-refractivity contribution in [3.8, 4) is 11.5 Å². The minimum absolute atomic E-state index is 0.230. The van der Waals surface area contributed by atoms with Crippen LogP contribution in [-0.2, 0) is 19.5 Å². The summed E-state index contributed by atoms with van der Waals surface area (Å²) >= 11 is 1.68. The number of benzene rings is 3. The fourth-order valence-electron chi connectivity index (χ4n) is 5.29. The first-order chi connectivity index (χ1) is 19.2. The molecule has 0 saturated carbocycles. The second-order valence-corrected chi connectivity index (χ2v) is 10.8. The molecule has 0 radical (unpaired) electrons. The van der Waals surface area contributed by atoms with Gasteiger partial charge in [0.15, 0.2) is 10.8 Å². The molecule has 2 heterocycles. The number of nitrogens with one attached hydrogen (secondary N) is 2. The van der Waals surface area contributed by atoms with Crippen molar-refractivity contribution in [3.63, 3.8) is 0 Å². The first-order valence-electron chi connectivity index (χ1n) is 13.3. The van der Waals surface area contributed by atoms with E-state index in [0.717, 1.165) is 64.2 Å². The molecule has 7 heteroatoms. The van der Waals surface area contributed by atoms with Crippen molar-refractivity contribution in [3.05, 3.63) is 107 Å². The smallest absolute Gasteiger partial charge is 0.185 e. The highest BCUT2D eigenvalue weighted by molar-refractivity contribution is 7.22. The third-order valence-corrected chi connectivity index (χ3v) is 8.38. The second kappa shape index (κ2) is 11.3. The predicted molar refractivity (Wildman–Crippen MR) is 159 cm³/mol. The maximum Gasteiger partial charge on any atom is 0.185 e. The molecule has 0 aliphatic heterocycles. The van der Waals surface area contributed by atoms with E-state index in [1.807, 2.05) is 30.3 Å². The average molecular weight is 537 g/mol. The van der Waals surface area contributed by atoms with Crippen molar-refractivity contribution >= 4 is 32.5 Å². The predicted octanol–water partition coefficient (Wildman–Crippen LogP) is 7.40. The standard InChI is InChI=1S/C32H32N4O2S/c1-37-24-15-11-22(12-16-24)19-33-29-27-10-6-9-26(23-13-17-25(38-2)18-14-23)28(27)35-31-30(29)39-32(36-31)34-20-21-7-4-3-5-8-21/h3-5,7-8,11-18,26H,6,9-10,19-20H2,1-2H3,(H2,33,34,35,36). The highest BCUT2D eigenvalue weighted by Crippen LogP contribution is 2.44. The molecule has 0 saturated heterocycles. The number of rotatable bonds is 9. The first-order valence-corrected chi connectivity index (χ1v) is 14.2. The van der Waals surface area contributed by atoms with Crippen LogP contribution < -0.4 is 20.1 Å². The third kappa shape index (κ3) is 5.40. The van der Waals surface area contributed by atoms with Gasteiger partial charge in [-0.1, -0.05) is 65.9 Å². The van der Waals surface area contributed by atoms with E-state index in [0.29, 0.717) is 6.54 Å². The van der Waals surface area contributed by atoms with Crippen LogP contribution in [0, 0.1) is 0 Å². The summed E-state index contributed by atoms with van der Waals surface area (Å²) in [5.74, 6) is 1.96. The van der Waals surface area contributed by atoms with Crippen molar-refractivity contribution in [2.45, 2.75) is 38.3 Å². The van der Waals surface area contributed by atoms with E-state index in [4.69, 9.17) is 19.4 Å². The van der Waals surface area contributed by atoms with E-state index < -0.39 is 0 Å². The topological polar surface area (TPSA) is 68.3 Å². The van der Waals surface area contributed by atoms with Gasteiger partial charge in [-0.2, -0.15) is 0 Å². The number of aromatic nitrogens is 2. The molecule has 1 aliphatic rings. The SMILES string of the molecule is COc1ccc(CNc2c3c(nc4nc(NCc5ccccc5)sc24)C(c2ccc(OC)cc2)CCC3)cc1. The van der Waals surface area contributed by atoms with Gasteiger partial charge in [0.2, 0.25) is 0 Å². The Morgan fingerprint density at radius 3 is 2.18 bits per heavy atom. The summed E-state index contributed by atoms with van der Waals surface area (Å²) in [4.78, 5) is 10.2. The quantitative estimate of drug-likeness (QED) is 0.205. The highest BCUT2D eigenvalue weighted by atomic mass is 32.1. The van der Waals surface area contributed by atoms with E-state index in [1.165, 1.54) is 22.3 Å². The summed E-state index contributed by atoms with van der Waals surface area (Å²) in [6, 6.07) is 27.1. The van der Waals surface area contributed by atoms with Crippen LogP contribution in [0.1, 0.15) is 46.7 Å². The number of thiazole rings is 1. The van der Waals surface area contributed by atoms with Gasteiger partial charge in [-0.05, 0) is 65.8 Å². The van der Waals surface area contributed by atoms with E-state index in [1.54, 1.807) is 25.6 Å². The molecule has 2 aromatic heterocycles. The molecule has 6 nitrogen and oxygen atoms in total. The average Bonchev–Trinajstić information content (AvgIpc) is 3.41. The number of fused-ring (bicyclic) bond motifs is 2. The number of anilines is 2. The first kappa shape index (κ1) is 25.2. The van der Waals surface area contributed by atoms with Gasteiger partial charge in [0.05, 0.1) is 30.3 Å². The van der Waals surface area contributed by atoms with Gasteiger partial charge in [0.1, 0.15) is 11.5 Å². The summed E-state index contributed by atoms with van der Waals surface area (Å²) < 4.78 is 11.8. The van der Waals surface area contributed by atoms with Crippen LogP contribution >= 0.6 is 11.3 Å². The molecule has 0 spiro atoms. The van der Waals surface area contributed by atoms with Crippen LogP contribution in [0.15, 0.2) is 78.9 Å². The van der Waals surface area contributed by atoms with Crippen LogP contribution in [0.25, 0.3) is 10.3 Å². The molecule has 2 N–H and O–H groups in total. The van der Waals surface area contributed by atoms with Gasteiger partial charge in [0.25, 0.3) is 0 Å². The number of hydrogen-bond acceptors (Lipinski definition) is 7. The Morgan fingerprint density at radius 2 is 1.46 bits per heavy atom. The molecular weight excluding hydrogens is 504 g/mol. The molecule has 0 bridgehead atoms.